The SMILES string of the molecule is O=Cc1cccc(Br)c1OCc1cc(F)ccc1[N+](=O)[O-]. The average molecular weight is 354 g/mol. The van der Waals surface area contributed by atoms with E-state index in [1.54, 1.807) is 18.2 Å². The van der Waals surface area contributed by atoms with E-state index in [4.69, 9.17) is 4.74 Å². The van der Waals surface area contributed by atoms with Gasteiger partial charge in [-0.05, 0) is 40.2 Å². The molecule has 0 aliphatic rings. The Balaban J connectivity index is 2.31. The summed E-state index contributed by atoms with van der Waals surface area (Å²) in [7, 11) is 0. The number of aldehydes is 1. The summed E-state index contributed by atoms with van der Waals surface area (Å²) in [5, 5.41) is 10.9. The molecule has 0 N–H and O–H groups in total. The van der Waals surface area contributed by atoms with Crippen LogP contribution in [0.25, 0.3) is 0 Å². The molecule has 0 aliphatic carbocycles. The summed E-state index contributed by atoms with van der Waals surface area (Å²) in [4.78, 5) is 21.2. The summed E-state index contributed by atoms with van der Waals surface area (Å²) in [6.45, 7) is -0.225. The Morgan fingerprint density at radius 2 is 2.10 bits per heavy atom. The maximum atomic E-state index is 13.2. The minimum absolute atomic E-state index is 0.0904. The molecule has 108 valence electrons. The van der Waals surface area contributed by atoms with Gasteiger partial charge in [0.2, 0.25) is 0 Å². The molecule has 0 heterocycles. The molecular weight excluding hydrogens is 345 g/mol. The molecule has 2 aromatic carbocycles. The number of nitro groups is 1. The highest BCUT2D eigenvalue weighted by Gasteiger charge is 2.16. The van der Waals surface area contributed by atoms with Gasteiger partial charge in [0.25, 0.3) is 5.69 Å². The lowest BCUT2D eigenvalue weighted by Crippen LogP contribution is -2.03. The Bertz CT molecular complexity index is 705. The molecule has 0 unspecified atom stereocenters. The van der Waals surface area contributed by atoms with Crippen LogP contribution in [0.1, 0.15) is 15.9 Å². The van der Waals surface area contributed by atoms with Crippen LogP contribution in [0, 0.1) is 15.9 Å². The number of ether oxygens (including phenoxy) is 1. The van der Waals surface area contributed by atoms with E-state index in [1.807, 2.05) is 0 Å². The lowest BCUT2D eigenvalue weighted by Gasteiger charge is -2.10. The molecule has 0 bridgehead atoms. The van der Waals surface area contributed by atoms with Gasteiger partial charge in [0, 0.05) is 6.07 Å². The maximum absolute atomic E-state index is 13.2. The monoisotopic (exact) mass is 353 g/mol. The first-order valence-electron chi connectivity index (χ1n) is 5.82. The van der Waals surface area contributed by atoms with Crippen LogP contribution in [0.4, 0.5) is 10.1 Å². The van der Waals surface area contributed by atoms with Crippen molar-refractivity contribution in [2.45, 2.75) is 6.61 Å². The number of para-hydroxylation sites is 1. The van der Waals surface area contributed by atoms with Crippen molar-refractivity contribution in [3.8, 4) is 5.75 Å². The van der Waals surface area contributed by atoms with E-state index < -0.39 is 10.7 Å². The highest BCUT2D eigenvalue weighted by Crippen LogP contribution is 2.30. The molecule has 0 atom stereocenters. The molecular formula is C14H9BrFNO4. The van der Waals surface area contributed by atoms with E-state index in [0.717, 1.165) is 18.2 Å². The van der Waals surface area contributed by atoms with Crippen molar-refractivity contribution in [1.82, 2.24) is 0 Å². The zero-order chi connectivity index (χ0) is 15.4. The Hall–Kier alpha value is -2.28. The fourth-order valence-corrected chi connectivity index (χ4v) is 2.26. The van der Waals surface area contributed by atoms with Gasteiger partial charge in [0.05, 0.1) is 20.5 Å². The van der Waals surface area contributed by atoms with Gasteiger partial charge >= 0.3 is 0 Å². The fraction of sp³-hybridized carbons (Fsp3) is 0.0714. The molecule has 0 radical (unpaired) electrons. The van der Waals surface area contributed by atoms with Crippen LogP contribution in [0.2, 0.25) is 0 Å². The number of rotatable bonds is 5. The van der Waals surface area contributed by atoms with E-state index in [0.29, 0.717) is 16.3 Å². The van der Waals surface area contributed by atoms with Crippen LogP contribution in [-0.4, -0.2) is 11.2 Å². The topological polar surface area (TPSA) is 69.4 Å². The number of hydrogen-bond donors (Lipinski definition) is 0. The molecule has 0 saturated carbocycles. The van der Waals surface area contributed by atoms with Crippen LogP contribution in [0.3, 0.4) is 0 Å². The minimum Gasteiger partial charge on any atom is -0.487 e. The predicted molar refractivity (Wildman–Crippen MR) is 76.9 cm³/mol. The Kier molecular flexibility index (Phi) is 4.64. The van der Waals surface area contributed by atoms with E-state index >= 15 is 0 Å². The first-order valence-corrected chi connectivity index (χ1v) is 6.61. The van der Waals surface area contributed by atoms with Crippen molar-refractivity contribution in [3.63, 3.8) is 0 Å². The lowest BCUT2D eigenvalue weighted by molar-refractivity contribution is -0.385. The fourth-order valence-electron chi connectivity index (χ4n) is 1.77. The first-order chi connectivity index (χ1) is 10.0. The molecule has 0 spiro atoms. The molecule has 0 saturated heterocycles. The Labute approximate surface area is 127 Å². The number of nitrogens with zero attached hydrogens (tertiary/aromatic N) is 1. The van der Waals surface area contributed by atoms with Crippen molar-refractivity contribution in [3.05, 3.63) is 67.9 Å². The second kappa shape index (κ2) is 6.45. The highest BCUT2D eigenvalue weighted by molar-refractivity contribution is 9.10. The summed E-state index contributed by atoms with van der Waals surface area (Å²) >= 11 is 3.23. The van der Waals surface area contributed by atoms with Crippen LogP contribution in [-0.2, 0) is 6.61 Å². The number of hydrogen-bond acceptors (Lipinski definition) is 4. The van der Waals surface area contributed by atoms with Gasteiger partial charge < -0.3 is 4.74 Å². The molecule has 5 nitrogen and oxygen atoms in total. The van der Waals surface area contributed by atoms with Crippen LogP contribution >= 0.6 is 15.9 Å². The number of halogens is 2. The third kappa shape index (κ3) is 3.43. The van der Waals surface area contributed by atoms with Crippen molar-refractivity contribution < 1.29 is 18.8 Å². The highest BCUT2D eigenvalue weighted by atomic mass is 79.9. The quantitative estimate of drug-likeness (QED) is 0.464. The van der Waals surface area contributed by atoms with Crippen molar-refractivity contribution in [1.29, 1.82) is 0 Å². The molecule has 21 heavy (non-hydrogen) atoms. The largest absolute Gasteiger partial charge is 0.487 e. The Morgan fingerprint density at radius 1 is 1.33 bits per heavy atom. The zero-order valence-corrected chi connectivity index (χ0v) is 12.2. The van der Waals surface area contributed by atoms with Gasteiger partial charge in [-0.15, -0.1) is 0 Å². The molecule has 2 rings (SSSR count). The second-order valence-electron chi connectivity index (χ2n) is 4.09. The number of carbonyl (C=O) groups excluding carboxylic acids is 1. The number of benzene rings is 2. The molecule has 2 aromatic rings. The first kappa shape index (κ1) is 15.1. The summed E-state index contributed by atoms with van der Waals surface area (Å²) in [5.41, 5.74) is 0.145. The summed E-state index contributed by atoms with van der Waals surface area (Å²) in [6.07, 6.45) is 0.611. The van der Waals surface area contributed by atoms with Crippen LogP contribution in [0.15, 0.2) is 40.9 Å². The Morgan fingerprint density at radius 3 is 2.76 bits per heavy atom. The van der Waals surface area contributed by atoms with E-state index in [1.165, 1.54) is 0 Å². The van der Waals surface area contributed by atoms with Gasteiger partial charge in [-0.2, -0.15) is 0 Å². The van der Waals surface area contributed by atoms with Gasteiger partial charge in [0.15, 0.2) is 6.29 Å². The average Bonchev–Trinajstić information content (AvgIpc) is 2.45. The maximum Gasteiger partial charge on any atom is 0.276 e. The standard InChI is InChI=1S/C14H9BrFNO4/c15-12-3-1-2-9(7-18)14(12)21-8-10-6-11(16)4-5-13(10)17(19)20/h1-7H,8H2. The number of carbonyl (C=O) groups is 1. The van der Waals surface area contributed by atoms with Gasteiger partial charge in [-0.3, -0.25) is 14.9 Å². The molecule has 7 heteroatoms. The van der Waals surface area contributed by atoms with Crippen molar-refractivity contribution in [2.24, 2.45) is 0 Å². The van der Waals surface area contributed by atoms with Crippen molar-refractivity contribution >= 4 is 27.9 Å². The summed E-state index contributed by atoms with van der Waals surface area (Å²) in [6, 6.07) is 8.00. The van der Waals surface area contributed by atoms with E-state index in [-0.39, 0.29) is 23.6 Å². The van der Waals surface area contributed by atoms with Crippen LogP contribution < -0.4 is 4.74 Å². The molecule has 0 amide bonds. The molecule has 0 fully saturated rings. The van der Waals surface area contributed by atoms with E-state index in [9.17, 15) is 19.3 Å². The number of nitro benzene ring substituents is 1. The predicted octanol–water partition coefficient (Wildman–Crippen LogP) is 3.89. The normalized spacial score (nSPS) is 10.2. The van der Waals surface area contributed by atoms with Gasteiger partial charge in [-0.25, -0.2) is 4.39 Å². The van der Waals surface area contributed by atoms with Gasteiger partial charge in [-0.1, -0.05) is 6.07 Å². The second-order valence-corrected chi connectivity index (χ2v) is 4.95. The van der Waals surface area contributed by atoms with Crippen LogP contribution in [0.5, 0.6) is 5.75 Å². The zero-order valence-electron chi connectivity index (χ0n) is 10.6. The lowest BCUT2D eigenvalue weighted by atomic mass is 10.2. The summed E-state index contributed by atoms with van der Waals surface area (Å²) in [5.74, 6) is -0.340. The summed E-state index contributed by atoms with van der Waals surface area (Å²) < 4.78 is 19.2. The minimum atomic E-state index is -0.612. The van der Waals surface area contributed by atoms with Gasteiger partial charge in [0.1, 0.15) is 18.2 Å². The van der Waals surface area contributed by atoms with Crippen molar-refractivity contribution in [2.75, 3.05) is 0 Å². The third-order valence-corrected chi connectivity index (χ3v) is 3.36. The van der Waals surface area contributed by atoms with E-state index in [2.05, 4.69) is 15.9 Å². The third-order valence-electron chi connectivity index (χ3n) is 2.73. The molecule has 0 aromatic heterocycles. The molecule has 0 aliphatic heterocycles. The smallest absolute Gasteiger partial charge is 0.276 e.